The molecular formula is C7H5Cl4NNaO2S. The molecule has 16 heavy (non-hydrogen) atoms. The zero-order valence-electron chi connectivity index (χ0n) is 8.34. The first-order chi connectivity index (χ1) is 6.75. The molecule has 0 saturated heterocycles. The number of nitrogens with zero attached hydrogens (tertiary/aromatic N) is 1. The van der Waals surface area contributed by atoms with Crippen LogP contribution >= 0.6 is 46.6 Å². The van der Waals surface area contributed by atoms with Gasteiger partial charge in [0, 0.05) is 41.3 Å². The van der Waals surface area contributed by atoms with Crippen molar-refractivity contribution < 1.29 is 8.42 Å². The normalized spacial score (nSPS) is 10.8. The van der Waals surface area contributed by atoms with E-state index in [2.05, 4.69) is 0 Å². The van der Waals surface area contributed by atoms with E-state index in [-0.39, 0.29) is 50.3 Å². The summed E-state index contributed by atoms with van der Waals surface area (Å²) in [6.45, 7) is 0. The minimum absolute atomic E-state index is 0. The number of hydrogen-bond acceptors (Lipinski definition) is 2. The molecule has 0 amide bonds. The molecule has 0 aliphatic rings. The van der Waals surface area contributed by atoms with Crippen molar-refractivity contribution >= 4 is 91.8 Å². The fourth-order valence-electron chi connectivity index (χ4n) is 0.830. The monoisotopic (exact) mass is 330 g/mol. The molecule has 1 rings (SSSR count). The van der Waals surface area contributed by atoms with Crippen LogP contribution in [0.15, 0.2) is 12.1 Å². The molecule has 0 atom stereocenters. The minimum atomic E-state index is -3.60. The maximum Gasteiger partial charge on any atom is 0.246 e. The largest absolute Gasteiger partial charge is 0.246 e. The Hall–Kier alpha value is 1.13. The van der Waals surface area contributed by atoms with Crippen LogP contribution in [0.5, 0.6) is 0 Å². The second-order valence-electron chi connectivity index (χ2n) is 2.67. The van der Waals surface area contributed by atoms with Crippen molar-refractivity contribution in [1.82, 2.24) is 0 Å². The molecule has 9 heteroatoms. The summed E-state index contributed by atoms with van der Waals surface area (Å²) in [4.78, 5) is 0. The molecule has 0 aliphatic heterocycles. The first-order valence-corrected chi connectivity index (χ1v) is 6.86. The summed E-state index contributed by atoms with van der Waals surface area (Å²) in [6, 6.07) is 2.77. The quantitative estimate of drug-likeness (QED) is 0.474. The van der Waals surface area contributed by atoms with Gasteiger partial charge in [0.1, 0.15) is 0 Å². The summed E-state index contributed by atoms with van der Waals surface area (Å²) >= 11 is 22.8. The smallest absolute Gasteiger partial charge is 0.205 e. The molecule has 85 valence electrons. The van der Waals surface area contributed by atoms with Crippen LogP contribution in [0.25, 0.3) is 0 Å². The van der Waals surface area contributed by atoms with Crippen LogP contribution in [0, 0.1) is 0 Å². The molecule has 3 nitrogen and oxygen atoms in total. The predicted octanol–water partition coefficient (Wildman–Crippen LogP) is 3.19. The van der Waals surface area contributed by atoms with Gasteiger partial charge in [-0.2, -0.15) is 3.82 Å². The Labute approximate surface area is 136 Å². The topological polar surface area (TPSA) is 37.4 Å². The van der Waals surface area contributed by atoms with E-state index in [4.69, 9.17) is 46.6 Å². The van der Waals surface area contributed by atoms with E-state index in [0.29, 0.717) is 3.82 Å². The molecule has 0 fully saturated rings. The number of benzene rings is 1. The van der Waals surface area contributed by atoms with E-state index in [1.807, 2.05) is 0 Å². The van der Waals surface area contributed by atoms with Gasteiger partial charge in [-0.05, 0) is 12.1 Å². The summed E-state index contributed by atoms with van der Waals surface area (Å²) in [6.07, 6.45) is 0.943. The molecule has 1 aromatic carbocycles. The van der Waals surface area contributed by atoms with Crippen molar-refractivity contribution in [3.05, 3.63) is 27.2 Å². The van der Waals surface area contributed by atoms with Crippen molar-refractivity contribution in [3.63, 3.8) is 0 Å². The standard InChI is InChI=1S/C7H5Cl4NO2S.Na/c1-15(13,14)12(11)5-3-2-4(8)6(9)7(5)10;/h2-3H,1H3;. The van der Waals surface area contributed by atoms with Gasteiger partial charge >= 0.3 is 0 Å². The molecule has 0 heterocycles. The zero-order valence-corrected chi connectivity index (χ0v) is 14.2. The maximum absolute atomic E-state index is 11.1. The Bertz CT molecular complexity index is 493. The minimum Gasteiger partial charge on any atom is -0.205 e. The molecule has 1 aromatic rings. The van der Waals surface area contributed by atoms with Gasteiger partial charge in [-0.15, -0.1) is 0 Å². The van der Waals surface area contributed by atoms with E-state index in [1.54, 1.807) is 0 Å². The second kappa shape index (κ2) is 6.34. The van der Waals surface area contributed by atoms with Crippen LogP contribution in [-0.4, -0.2) is 44.2 Å². The van der Waals surface area contributed by atoms with E-state index in [9.17, 15) is 8.42 Å². The summed E-state index contributed by atoms with van der Waals surface area (Å²) in [5.41, 5.74) is 0.0650. The Morgan fingerprint density at radius 2 is 1.62 bits per heavy atom. The van der Waals surface area contributed by atoms with Gasteiger partial charge in [0.05, 0.1) is 27.0 Å². The van der Waals surface area contributed by atoms with E-state index in [1.165, 1.54) is 12.1 Å². The Balaban J connectivity index is 0.00000225. The molecule has 0 unspecified atom stereocenters. The molecule has 0 aliphatic carbocycles. The zero-order chi connectivity index (χ0) is 11.8. The summed E-state index contributed by atoms with van der Waals surface area (Å²) in [5, 5.41) is 0.277. The molecule has 0 saturated carbocycles. The van der Waals surface area contributed by atoms with Crippen LogP contribution in [-0.2, 0) is 10.0 Å². The van der Waals surface area contributed by atoms with Crippen LogP contribution in [0.3, 0.4) is 0 Å². The van der Waals surface area contributed by atoms with Gasteiger partial charge < -0.3 is 0 Å². The third-order valence-electron chi connectivity index (χ3n) is 1.50. The third-order valence-corrected chi connectivity index (χ3v) is 4.49. The fourth-order valence-corrected chi connectivity index (χ4v) is 2.19. The predicted molar refractivity (Wildman–Crippen MR) is 70.4 cm³/mol. The maximum atomic E-state index is 11.1. The van der Waals surface area contributed by atoms with E-state index < -0.39 is 10.0 Å². The van der Waals surface area contributed by atoms with Crippen LogP contribution in [0.2, 0.25) is 15.1 Å². The molecule has 1 radical (unpaired) electrons. The first kappa shape index (κ1) is 17.1. The Morgan fingerprint density at radius 1 is 1.12 bits per heavy atom. The van der Waals surface area contributed by atoms with Crippen LogP contribution in [0.1, 0.15) is 0 Å². The van der Waals surface area contributed by atoms with Crippen molar-refractivity contribution in [1.29, 1.82) is 0 Å². The number of halogens is 4. The van der Waals surface area contributed by atoms with E-state index >= 15 is 0 Å². The van der Waals surface area contributed by atoms with Gasteiger partial charge in [-0.3, -0.25) is 0 Å². The number of anilines is 1. The average Bonchev–Trinajstić information content (AvgIpc) is 2.12. The van der Waals surface area contributed by atoms with Gasteiger partial charge in [0.25, 0.3) is 0 Å². The third kappa shape index (κ3) is 3.82. The van der Waals surface area contributed by atoms with Gasteiger partial charge in [0.2, 0.25) is 10.0 Å². The molecule has 0 bridgehead atoms. The van der Waals surface area contributed by atoms with Gasteiger partial charge in [-0.25, -0.2) is 8.42 Å². The molecule has 0 aromatic heterocycles. The second-order valence-corrected chi connectivity index (χ2v) is 6.21. The Kier molecular flexibility index (Phi) is 6.79. The molecule has 0 spiro atoms. The average molecular weight is 332 g/mol. The number of rotatable bonds is 2. The Morgan fingerprint density at radius 3 is 2.06 bits per heavy atom. The van der Waals surface area contributed by atoms with E-state index in [0.717, 1.165) is 6.26 Å². The van der Waals surface area contributed by atoms with Gasteiger partial charge in [-0.1, -0.05) is 34.8 Å². The number of sulfonamides is 1. The van der Waals surface area contributed by atoms with Crippen molar-refractivity contribution in [2.45, 2.75) is 0 Å². The van der Waals surface area contributed by atoms with Crippen molar-refractivity contribution in [3.8, 4) is 0 Å². The summed E-state index contributed by atoms with van der Waals surface area (Å²) in [5.74, 6) is 0. The van der Waals surface area contributed by atoms with Crippen molar-refractivity contribution in [2.75, 3.05) is 10.1 Å². The molecule has 0 N–H and O–H groups in total. The fraction of sp³-hybridized carbons (Fsp3) is 0.143. The van der Waals surface area contributed by atoms with Crippen LogP contribution in [0.4, 0.5) is 5.69 Å². The van der Waals surface area contributed by atoms with Crippen molar-refractivity contribution in [2.24, 2.45) is 0 Å². The van der Waals surface area contributed by atoms with Gasteiger partial charge in [0.15, 0.2) is 0 Å². The SMILES string of the molecule is CS(=O)(=O)N(Cl)c1ccc(Cl)c(Cl)c1Cl.[Na]. The summed E-state index contributed by atoms with van der Waals surface area (Å²) < 4.78 is 22.8. The first-order valence-electron chi connectivity index (χ1n) is 3.54. The number of hydrogen-bond donors (Lipinski definition) is 0. The van der Waals surface area contributed by atoms with Crippen LogP contribution < -0.4 is 3.82 Å². The summed E-state index contributed by atoms with van der Waals surface area (Å²) in [7, 11) is -3.60. The molecular weight excluding hydrogens is 327 g/mol.